The molecule has 2 heterocycles. The molecule has 1 atom stereocenters. The van der Waals surface area contributed by atoms with Gasteiger partial charge < -0.3 is 20.3 Å². The zero-order valence-corrected chi connectivity index (χ0v) is 13.6. The van der Waals surface area contributed by atoms with Crippen LogP contribution in [0.2, 0.25) is 0 Å². The molecule has 0 radical (unpaired) electrons. The third kappa shape index (κ3) is 4.32. The van der Waals surface area contributed by atoms with Crippen molar-refractivity contribution in [1.82, 2.24) is 9.97 Å². The van der Waals surface area contributed by atoms with Crippen LogP contribution in [-0.4, -0.2) is 43.3 Å². The molecule has 23 heavy (non-hydrogen) atoms. The lowest BCUT2D eigenvalue weighted by atomic mass is 10.2. The lowest BCUT2D eigenvalue weighted by Crippen LogP contribution is -2.19. The van der Waals surface area contributed by atoms with Crippen LogP contribution in [0.3, 0.4) is 0 Å². The third-order valence-electron chi connectivity index (χ3n) is 3.86. The summed E-state index contributed by atoms with van der Waals surface area (Å²) < 4.78 is 5.61. The van der Waals surface area contributed by atoms with Gasteiger partial charge >= 0.3 is 0 Å². The Morgan fingerprint density at radius 1 is 1.17 bits per heavy atom. The number of anilines is 4. The Bertz CT molecular complexity index is 623. The summed E-state index contributed by atoms with van der Waals surface area (Å²) >= 11 is 0. The molecule has 1 aliphatic heterocycles. The van der Waals surface area contributed by atoms with Crippen molar-refractivity contribution in [3.05, 3.63) is 36.7 Å². The highest BCUT2D eigenvalue weighted by Gasteiger charge is 2.15. The Morgan fingerprint density at radius 2 is 1.96 bits per heavy atom. The number of ether oxygens (including phenoxy) is 1. The molecule has 1 aromatic heterocycles. The number of rotatable bonds is 6. The maximum absolute atomic E-state index is 5.61. The second-order valence-corrected chi connectivity index (χ2v) is 5.87. The van der Waals surface area contributed by atoms with E-state index >= 15 is 0 Å². The van der Waals surface area contributed by atoms with Crippen LogP contribution in [0.25, 0.3) is 0 Å². The average Bonchev–Trinajstić information content (AvgIpc) is 3.07. The molecule has 0 bridgehead atoms. The van der Waals surface area contributed by atoms with Gasteiger partial charge in [0.25, 0.3) is 0 Å². The summed E-state index contributed by atoms with van der Waals surface area (Å²) in [6.45, 7) is 1.65. The van der Waals surface area contributed by atoms with Gasteiger partial charge in [0.15, 0.2) is 0 Å². The van der Waals surface area contributed by atoms with Gasteiger partial charge in [-0.1, -0.05) is 0 Å². The topological polar surface area (TPSA) is 62.3 Å². The highest BCUT2D eigenvalue weighted by molar-refractivity contribution is 5.62. The largest absolute Gasteiger partial charge is 0.378 e. The van der Waals surface area contributed by atoms with Crippen molar-refractivity contribution < 1.29 is 4.74 Å². The van der Waals surface area contributed by atoms with Gasteiger partial charge in [0, 0.05) is 44.7 Å². The molecule has 1 aromatic carbocycles. The number of aromatic nitrogens is 2. The van der Waals surface area contributed by atoms with E-state index in [0.717, 1.165) is 49.0 Å². The Labute approximate surface area is 136 Å². The highest BCUT2D eigenvalue weighted by atomic mass is 16.5. The van der Waals surface area contributed by atoms with E-state index in [1.165, 1.54) is 0 Å². The molecule has 0 aliphatic carbocycles. The van der Waals surface area contributed by atoms with Gasteiger partial charge in [0.1, 0.15) is 18.0 Å². The second-order valence-electron chi connectivity index (χ2n) is 5.87. The van der Waals surface area contributed by atoms with Gasteiger partial charge in [-0.15, -0.1) is 0 Å². The number of hydrogen-bond donors (Lipinski definition) is 2. The van der Waals surface area contributed by atoms with Crippen LogP contribution in [0.15, 0.2) is 36.7 Å². The van der Waals surface area contributed by atoms with Crippen molar-refractivity contribution in [2.24, 2.45) is 0 Å². The normalized spacial score (nSPS) is 17.0. The maximum Gasteiger partial charge on any atom is 0.135 e. The minimum atomic E-state index is 0.292. The molecule has 6 heteroatoms. The summed E-state index contributed by atoms with van der Waals surface area (Å²) in [5.41, 5.74) is 2.16. The minimum absolute atomic E-state index is 0.292. The lowest BCUT2D eigenvalue weighted by Gasteiger charge is -2.14. The van der Waals surface area contributed by atoms with Crippen LogP contribution in [0.5, 0.6) is 0 Å². The second kappa shape index (κ2) is 7.28. The molecular formula is C17H23N5O. The molecule has 6 nitrogen and oxygen atoms in total. The van der Waals surface area contributed by atoms with Gasteiger partial charge in [0.05, 0.1) is 6.10 Å². The molecule has 2 N–H and O–H groups in total. The van der Waals surface area contributed by atoms with E-state index < -0.39 is 0 Å². The molecule has 122 valence electrons. The zero-order valence-electron chi connectivity index (χ0n) is 13.6. The molecule has 1 aliphatic rings. The summed E-state index contributed by atoms with van der Waals surface area (Å²) in [4.78, 5) is 10.6. The van der Waals surface area contributed by atoms with Crippen LogP contribution in [0, 0.1) is 0 Å². The standard InChI is InChI=1S/C17H23N5O/c1-22(2)14-7-5-13(6-8-14)21-17-10-16(19-12-20-17)18-11-15-4-3-9-23-15/h5-8,10,12,15H,3-4,9,11H2,1-2H3,(H2,18,19,20,21). The smallest absolute Gasteiger partial charge is 0.135 e. The predicted molar refractivity (Wildman–Crippen MR) is 93.5 cm³/mol. The van der Waals surface area contributed by atoms with Crippen molar-refractivity contribution in [3.63, 3.8) is 0 Å². The van der Waals surface area contributed by atoms with E-state index in [1.54, 1.807) is 6.33 Å². The molecular weight excluding hydrogens is 290 g/mol. The van der Waals surface area contributed by atoms with Crippen molar-refractivity contribution in [2.75, 3.05) is 42.8 Å². The fourth-order valence-electron chi connectivity index (χ4n) is 2.54. The van der Waals surface area contributed by atoms with Crippen molar-refractivity contribution in [2.45, 2.75) is 18.9 Å². The molecule has 0 spiro atoms. The van der Waals surface area contributed by atoms with E-state index in [-0.39, 0.29) is 0 Å². The van der Waals surface area contributed by atoms with E-state index in [4.69, 9.17) is 4.74 Å². The van der Waals surface area contributed by atoms with Crippen LogP contribution in [-0.2, 0) is 4.74 Å². The Kier molecular flexibility index (Phi) is 4.92. The quantitative estimate of drug-likeness (QED) is 0.855. The van der Waals surface area contributed by atoms with E-state index in [0.29, 0.717) is 6.10 Å². The van der Waals surface area contributed by atoms with E-state index in [1.807, 2.05) is 32.3 Å². The highest BCUT2D eigenvalue weighted by Crippen LogP contribution is 2.20. The summed E-state index contributed by atoms with van der Waals surface area (Å²) in [5, 5.41) is 6.61. The number of hydrogen-bond acceptors (Lipinski definition) is 6. The SMILES string of the molecule is CN(C)c1ccc(Nc2cc(NCC3CCCO3)ncn2)cc1. The van der Waals surface area contributed by atoms with Crippen LogP contribution in [0.1, 0.15) is 12.8 Å². The van der Waals surface area contributed by atoms with Crippen LogP contribution in [0.4, 0.5) is 23.0 Å². The predicted octanol–water partition coefficient (Wildman–Crippen LogP) is 2.88. The fraction of sp³-hybridized carbons (Fsp3) is 0.412. The van der Waals surface area contributed by atoms with Crippen molar-refractivity contribution >= 4 is 23.0 Å². The van der Waals surface area contributed by atoms with Crippen molar-refractivity contribution in [3.8, 4) is 0 Å². The third-order valence-corrected chi connectivity index (χ3v) is 3.86. The maximum atomic E-state index is 5.61. The zero-order chi connectivity index (χ0) is 16.1. The minimum Gasteiger partial charge on any atom is -0.378 e. The molecule has 3 rings (SSSR count). The summed E-state index contributed by atoms with van der Waals surface area (Å²) in [7, 11) is 4.05. The van der Waals surface area contributed by atoms with Crippen LogP contribution < -0.4 is 15.5 Å². The van der Waals surface area contributed by atoms with Gasteiger partial charge in [0.2, 0.25) is 0 Å². The number of nitrogens with one attached hydrogen (secondary N) is 2. The first-order valence-electron chi connectivity index (χ1n) is 7.92. The molecule has 0 amide bonds. The monoisotopic (exact) mass is 313 g/mol. The first-order valence-corrected chi connectivity index (χ1v) is 7.92. The first kappa shape index (κ1) is 15.6. The van der Waals surface area contributed by atoms with E-state index in [9.17, 15) is 0 Å². The fourth-order valence-corrected chi connectivity index (χ4v) is 2.54. The molecule has 0 saturated carbocycles. The van der Waals surface area contributed by atoms with Crippen LogP contribution >= 0.6 is 0 Å². The Morgan fingerprint density at radius 3 is 2.65 bits per heavy atom. The van der Waals surface area contributed by atoms with Gasteiger partial charge in [-0.05, 0) is 37.1 Å². The summed E-state index contributed by atoms with van der Waals surface area (Å²) in [6, 6.07) is 10.1. The number of nitrogens with zero attached hydrogens (tertiary/aromatic N) is 3. The number of benzene rings is 1. The van der Waals surface area contributed by atoms with Gasteiger partial charge in [-0.25, -0.2) is 9.97 Å². The summed E-state index contributed by atoms with van der Waals surface area (Å²) in [5.74, 6) is 1.58. The average molecular weight is 313 g/mol. The summed E-state index contributed by atoms with van der Waals surface area (Å²) in [6.07, 6.45) is 4.11. The van der Waals surface area contributed by atoms with Gasteiger partial charge in [-0.2, -0.15) is 0 Å². The van der Waals surface area contributed by atoms with E-state index in [2.05, 4.69) is 37.6 Å². The molecule has 2 aromatic rings. The van der Waals surface area contributed by atoms with Gasteiger partial charge in [-0.3, -0.25) is 0 Å². The molecule has 1 unspecified atom stereocenters. The Hall–Kier alpha value is -2.34. The Balaban J connectivity index is 1.60. The molecule has 1 saturated heterocycles. The lowest BCUT2D eigenvalue weighted by molar-refractivity contribution is 0.120. The first-order chi connectivity index (χ1) is 11.2. The molecule has 1 fully saturated rings. The van der Waals surface area contributed by atoms with Crippen molar-refractivity contribution in [1.29, 1.82) is 0 Å².